The Labute approximate surface area is 153 Å². The van der Waals surface area contributed by atoms with E-state index in [0.29, 0.717) is 29.7 Å². The van der Waals surface area contributed by atoms with Crippen LogP contribution < -0.4 is 20.5 Å². The molecule has 25 heavy (non-hydrogen) atoms. The van der Waals surface area contributed by atoms with Crippen molar-refractivity contribution in [2.75, 3.05) is 13.2 Å². The Hall–Kier alpha value is -2.24. The third-order valence-corrected chi connectivity index (χ3v) is 4.03. The van der Waals surface area contributed by atoms with Crippen molar-refractivity contribution in [3.05, 3.63) is 58.6 Å². The van der Waals surface area contributed by atoms with Gasteiger partial charge in [-0.1, -0.05) is 41.9 Å². The molecule has 0 saturated carbocycles. The minimum atomic E-state index is -0.555. The summed E-state index contributed by atoms with van der Waals surface area (Å²) in [5.41, 5.74) is 7.21. The summed E-state index contributed by atoms with van der Waals surface area (Å²) in [5.74, 6) is 0.392. The summed E-state index contributed by atoms with van der Waals surface area (Å²) < 4.78 is 11.0. The fraction of sp³-hybridized carbons (Fsp3) is 0.316. The molecule has 0 aromatic heterocycles. The molecular weight excluding hydrogens is 340 g/mol. The van der Waals surface area contributed by atoms with Crippen molar-refractivity contribution in [1.29, 1.82) is 0 Å². The van der Waals surface area contributed by atoms with E-state index in [4.69, 9.17) is 26.8 Å². The Balaban J connectivity index is 2.11. The van der Waals surface area contributed by atoms with Gasteiger partial charge < -0.3 is 20.5 Å². The minimum absolute atomic E-state index is 0.179. The Kier molecular flexibility index (Phi) is 7.10. The Morgan fingerprint density at radius 2 is 1.88 bits per heavy atom. The number of nitrogens with two attached hydrogens (primary N) is 1. The molecule has 1 unspecified atom stereocenters. The number of rotatable bonds is 9. The largest absolute Gasteiger partial charge is 0.490 e. The van der Waals surface area contributed by atoms with E-state index < -0.39 is 5.91 Å². The molecule has 0 radical (unpaired) electrons. The molecule has 0 aliphatic carbocycles. The second kappa shape index (κ2) is 9.30. The molecule has 1 atom stereocenters. The van der Waals surface area contributed by atoms with Crippen molar-refractivity contribution in [2.24, 2.45) is 5.73 Å². The first kappa shape index (κ1) is 19.1. The average Bonchev–Trinajstić information content (AvgIpc) is 2.61. The summed E-state index contributed by atoms with van der Waals surface area (Å²) in [7, 11) is 0. The standard InChI is InChI=1S/C19H23ClN2O3/c1-3-24-17-9-15(16(20)10-18(17)25-12-19(21)23)11-22-13(2)14-7-5-4-6-8-14/h4-10,13,22H,3,11-12H2,1-2H3,(H2,21,23). The molecule has 0 fully saturated rings. The molecule has 0 saturated heterocycles. The van der Waals surface area contributed by atoms with Crippen LogP contribution in [-0.4, -0.2) is 19.1 Å². The lowest BCUT2D eigenvalue weighted by Crippen LogP contribution is -2.20. The lowest BCUT2D eigenvalue weighted by Gasteiger charge is -2.17. The van der Waals surface area contributed by atoms with E-state index in [1.807, 2.05) is 31.2 Å². The summed E-state index contributed by atoms with van der Waals surface area (Å²) in [5, 5.41) is 3.98. The smallest absolute Gasteiger partial charge is 0.255 e. The summed E-state index contributed by atoms with van der Waals surface area (Å²) in [6.45, 7) is 4.80. The van der Waals surface area contributed by atoms with Crippen LogP contribution >= 0.6 is 11.6 Å². The van der Waals surface area contributed by atoms with Crippen LogP contribution in [0, 0.1) is 0 Å². The predicted molar refractivity (Wildman–Crippen MR) is 99.0 cm³/mol. The zero-order valence-electron chi connectivity index (χ0n) is 14.4. The highest BCUT2D eigenvalue weighted by atomic mass is 35.5. The number of carbonyl (C=O) groups is 1. The number of primary amides is 1. The maximum Gasteiger partial charge on any atom is 0.255 e. The molecular formula is C19H23ClN2O3. The van der Waals surface area contributed by atoms with Crippen LogP contribution in [-0.2, 0) is 11.3 Å². The average molecular weight is 363 g/mol. The van der Waals surface area contributed by atoms with Gasteiger partial charge >= 0.3 is 0 Å². The highest BCUT2D eigenvalue weighted by molar-refractivity contribution is 6.31. The molecule has 2 aromatic rings. The summed E-state index contributed by atoms with van der Waals surface area (Å²) in [6.07, 6.45) is 0. The van der Waals surface area contributed by atoms with E-state index in [1.54, 1.807) is 6.07 Å². The molecule has 0 aliphatic heterocycles. The highest BCUT2D eigenvalue weighted by Gasteiger charge is 2.13. The van der Waals surface area contributed by atoms with Crippen molar-refractivity contribution >= 4 is 17.5 Å². The van der Waals surface area contributed by atoms with E-state index in [1.165, 1.54) is 5.56 Å². The van der Waals surface area contributed by atoms with Crippen molar-refractivity contribution in [1.82, 2.24) is 5.32 Å². The molecule has 0 aliphatic rings. The van der Waals surface area contributed by atoms with E-state index in [9.17, 15) is 4.79 Å². The highest BCUT2D eigenvalue weighted by Crippen LogP contribution is 2.34. The van der Waals surface area contributed by atoms with Crippen LogP contribution in [0.25, 0.3) is 0 Å². The van der Waals surface area contributed by atoms with Crippen molar-refractivity contribution in [3.63, 3.8) is 0 Å². The summed E-state index contributed by atoms with van der Waals surface area (Å²) in [6, 6.07) is 13.8. The monoisotopic (exact) mass is 362 g/mol. The van der Waals surface area contributed by atoms with Gasteiger partial charge in [-0.05, 0) is 31.0 Å². The van der Waals surface area contributed by atoms with Gasteiger partial charge in [0.15, 0.2) is 18.1 Å². The topological polar surface area (TPSA) is 73.6 Å². The summed E-state index contributed by atoms with van der Waals surface area (Å²) in [4.78, 5) is 10.9. The second-order valence-corrected chi connectivity index (χ2v) is 6.00. The normalized spacial score (nSPS) is 11.8. The summed E-state index contributed by atoms with van der Waals surface area (Å²) >= 11 is 6.35. The van der Waals surface area contributed by atoms with Gasteiger partial charge in [0.25, 0.3) is 5.91 Å². The van der Waals surface area contributed by atoms with Gasteiger partial charge in [0.1, 0.15) is 0 Å². The van der Waals surface area contributed by atoms with E-state index >= 15 is 0 Å². The Morgan fingerprint density at radius 3 is 2.52 bits per heavy atom. The van der Waals surface area contributed by atoms with Crippen molar-refractivity contribution in [2.45, 2.75) is 26.4 Å². The third-order valence-electron chi connectivity index (χ3n) is 3.68. The molecule has 1 amide bonds. The molecule has 5 nitrogen and oxygen atoms in total. The molecule has 134 valence electrons. The Morgan fingerprint density at radius 1 is 1.20 bits per heavy atom. The predicted octanol–water partition coefficient (Wildman–Crippen LogP) is 3.45. The van der Waals surface area contributed by atoms with Gasteiger partial charge in [-0.25, -0.2) is 0 Å². The van der Waals surface area contributed by atoms with Gasteiger partial charge in [0, 0.05) is 23.7 Å². The molecule has 6 heteroatoms. The van der Waals surface area contributed by atoms with E-state index in [-0.39, 0.29) is 12.6 Å². The zero-order valence-corrected chi connectivity index (χ0v) is 15.2. The number of hydrogen-bond donors (Lipinski definition) is 2. The maximum atomic E-state index is 10.9. The molecule has 2 rings (SSSR count). The first-order chi connectivity index (χ1) is 12.0. The number of nitrogens with one attached hydrogen (secondary N) is 1. The number of hydrogen-bond acceptors (Lipinski definition) is 4. The van der Waals surface area contributed by atoms with Crippen LogP contribution in [0.5, 0.6) is 11.5 Å². The quantitative estimate of drug-likeness (QED) is 0.716. The minimum Gasteiger partial charge on any atom is -0.490 e. The zero-order chi connectivity index (χ0) is 18.2. The number of benzene rings is 2. The van der Waals surface area contributed by atoms with Gasteiger partial charge in [-0.15, -0.1) is 0 Å². The van der Waals surface area contributed by atoms with Crippen LogP contribution in [0.1, 0.15) is 31.0 Å². The number of carbonyl (C=O) groups excluding carboxylic acids is 1. The molecule has 2 aromatic carbocycles. The van der Waals surface area contributed by atoms with Crippen molar-refractivity contribution < 1.29 is 14.3 Å². The third kappa shape index (κ3) is 5.66. The van der Waals surface area contributed by atoms with Gasteiger partial charge in [0.05, 0.1) is 6.61 Å². The fourth-order valence-electron chi connectivity index (χ4n) is 2.37. The van der Waals surface area contributed by atoms with Gasteiger partial charge in [0.2, 0.25) is 0 Å². The molecule has 0 heterocycles. The van der Waals surface area contributed by atoms with Crippen LogP contribution in [0.15, 0.2) is 42.5 Å². The number of halogens is 1. The molecule has 0 spiro atoms. The number of amides is 1. The van der Waals surface area contributed by atoms with E-state index in [2.05, 4.69) is 24.4 Å². The first-order valence-corrected chi connectivity index (χ1v) is 8.53. The fourth-order valence-corrected chi connectivity index (χ4v) is 2.59. The van der Waals surface area contributed by atoms with Crippen LogP contribution in [0.3, 0.4) is 0 Å². The SMILES string of the molecule is CCOc1cc(CNC(C)c2ccccc2)c(Cl)cc1OCC(N)=O. The van der Waals surface area contributed by atoms with Gasteiger partial charge in [-0.3, -0.25) is 4.79 Å². The second-order valence-electron chi connectivity index (χ2n) is 5.59. The van der Waals surface area contributed by atoms with Crippen molar-refractivity contribution in [3.8, 4) is 11.5 Å². The Bertz CT molecular complexity index is 707. The molecule has 0 bridgehead atoms. The van der Waals surface area contributed by atoms with Gasteiger partial charge in [-0.2, -0.15) is 0 Å². The van der Waals surface area contributed by atoms with Crippen LogP contribution in [0.4, 0.5) is 0 Å². The lowest BCUT2D eigenvalue weighted by atomic mass is 10.1. The molecule has 3 N–H and O–H groups in total. The maximum absolute atomic E-state index is 10.9. The van der Waals surface area contributed by atoms with Crippen LogP contribution in [0.2, 0.25) is 5.02 Å². The van der Waals surface area contributed by atoms with E-state index in [0.717, 1.165) is 5.56 Å². The lowest BCUT2D eigenvalue weighted by molar-refractivity contribution is -0.119. The first-order valence-electron chi connectivity index (χ1n) is 8.16. The number of ether oxygens (including phenoxy) is 2.